The summed E-state index contributed by atoms with van der Waals surface area (Å²) < 4.78 is 0. The molecule has 0 aliphatic rings. The van der Waals surface area contributed by atoms with E-state index in [9.17, 15) is 4.79 Å². The molecule has 0 spiro atoms. The van der Waals surface area contributed by atoms with Gasteiger partial charge in [-0.2, -0.15) is 0 Å². The first-order valence-corrected chi connectivity index (χ1v) is 6.97. The van der Waals surface area contributed by atoms with E-state index < -0.39 is 0 Å². The molecule has 0 unspecified atom stereocenters. The maximum absolute atomic E-state index is 11.8. The van der Waals surface area contributed by atoms with Crippen LogP contribution in [-0.4, -0.2) is 17.7 Å². The summed E-state index contributed by atoms with van der Waals surface area (Å²) in [6.07, 6.45) is 1.04. The van der Waals surface area contributed by atoms with Crippen LogP contribution in [0.2, 0.25) is 0 Å². The van der Waals surface area contributed by atoms with Crippen LogP contribution >= 0.6 is 11.8 Å². The van der Waals surface area contributed by atoms with Crippen molar-refractivity contribution in [2.45, 2.75) is 37.3 Å². The molecule has 1 aromatic rings. The number of benzene rings is 1. The maximum atomic E-state index is 11.8. The highest BCUT2D eigenvalue weighted by Gasteiger charge is 2.13. The van der Waals surface area contributed by atoms with Crippen LogP contribution in [0.5, 0.6) is 0 Å². The summed E-state index contributed by atoms with van der Waals surface area (Å²) >= 11 is 1.60. The lowest BCUT2D eigenvalue weighted by molar-refractivity contribution is -0.120. The highest BCUT2D eigenvalue weighted by Crippen LogP contribution is 2.22. The largest absolute Gasteiger partial charge is 0.355 e. The van der Waals surface area contributed by atoms with Gasteiger partial charge in [-0.15, -0.1) is 11.8 Å². The molecule has 0 aromatic heterocycles. The molecular formula is C14H21NOS. The molecule has 3 heteroatoms. The highest BCUT2D eigenvalue weighted by molar-refractivity contribution is 8.00. The number of rotatable bonds is 6. The van der Waals surface area contributed by atoms with E-state index in [-0.39, 0.29) is 11.2 Å². The zero-order valence-corrected chi connectivity index (χ0v) is 11.6. The van der Waals surface area contributed by atoms with Gasteiger partial charge in [0.1, 0.15) is 0 Å². The first kappa shape index (κ1) is 14.1. The third-order valence-electron chi connectivity index (χ3n) is 2.45. The SMILES string of the molecule is CC(C)CCNC(=O)[C@@H](C)Sc1ccccc1. The van der Waals surface area contributed by atoms with Gasteiger partial charge in [0.25, 0.3) is 0 Å². The molecule has 0 bridgehead atoms. The fourth-order valence-corrected chi connectivity index (χ4v) is 2.30. The van der Waals surface area contributed by atoms with Crippen LogP contribution in [0.4, 0.5) is 0 Å². The Labute approximate surface area is 108 Å². The van der Waals surface area contributed by atoms with Gasteiger partial charge in [-0.05, 0) is 31.4 Å². The molecule has 1 amide bonds. The number of hydrogen-bond donors (Lipinski definition) is 1. The van der Waals surface area contributed by atoms with Crippen molar-refractivity contribution in [2.75, 3.05) is 6.54 Å². The zero-order chi connectivity index (χ0) is 12.7. The van der Waals surface area contributed by atoms with Crippen LogP contribution < -0.4 is 5.32 Å². The van der Waals surface area contributed by atoms with E-state index in [0.717, 1.165) is 17.9 Å². The van der Waals surface area contributed by atoms with Crippen LogP contribution in [-0.2, 0) is 4.79 Å². The predicted molar refractivity (Wildman–Crippen MR) is 74.2 cm³/mol. The predicted octanol–water partition coefficient (Wildman–Crippen LogP) is 3.33. The number of nitrogens with one attached hydrogen (secondary N) is 1. The Morgan fingerprint density at radius 2 is 1.88 bits per heavy atom. The van der Waals surface area contributed by atoms with Gasteiger partial charge in [-0.25, -0.2) is 0 Å². The fourth-order valence-electron chi connectivity index (χ4n) is 1.38. The Bertz CT molecular complexity index is 337. The van der Waals surface area contributed by atoms with Crippen molar-refractivity contribution in [2.24, 2.45) is 5.92 Å². The van der Waals surface area contributed by atoms with Gasteiger partial charge in [0.15, 0.2) is 0 Å². The monoisotopic (exact) mass is 251 g/mol. The molecule has 0 aliphatic carbocycles. The van der Waals surface area contributed by atoms with Crippen molar-refractivity contribution in [3.8, 4) is 0 Å². The number of carbonyl (C=O) groups excluding carboxylic acids is 1. The average molecular weight is 251 g/mol. The molecule has 2 nitrogen and oxygen atoms in total. The van der Waals surface area contributed by atoms with E-state index in [0.29, 0.717) is 5.92 Å². The van der Waals surface area contributed by atoms with Crippen molar-refractivity contribution in [1.29, 1.82) is 0 Å². The van der Waals surface area contributed by atoms with E-state index in [4.69, 9.17) is 0 Å². The Balaban J connectivity index is 2.32. The second-order valence-electron chi connectivity index (χ2n) is 4.55. The molecule has 1 rings (SSSR count). The second-order valence-corrected chi connectivity index (χ2v) is 5.96. The average Bonchev–Trinajstić information content (AvgIpc) is 2.29. The summed E-state index contributed by atoms with van der Waals surface area (Å²) in [5.74, 6) is 0.756. The van der Waals surface area contributed by atoms with Gasteiger partial charge in [0.2, 0.25) is 5.91 Å². The molecule has 17 heavy (non-hydrogen) atoms. The second kappa shape index (κ2) is 7.38. The topological polar surface area (TPSA) is 29.1 Å². The third kappa shape index (κ3) is 5.78. The third-order valence-corrected chi connectivity index (χ3v) is 3.56. The Hall–Kier alpha value is -0.960. The van der Waals surface area contributed by atoms with E-state index in [2.05, 4.69) is 19.2 Å². The molecule has 94 valence electrons. The molecule has 0 radical (unpaired) electrons. The van der Waals surface area contributed by atoms with Crippen molar-refractivity contribution in [3.05, 3.63) is 30.3 Å². The standard InChI is InChI=1S/C14H21NOS/c1-11(2)9-10-15-14(16)12(3)17-13-7-5-4-6-8-13/h4-8,11-12H,9-10H2,1-3H3,(H,15,16)/t12-/m1/s1. The summed E-state index contributed by atoms with van der Waals surface area (Å²) in [5.41, 5.74) is 0. The summed E-state index contributed by atoms with van der Waals surface area (Å²) in [7, 11) is 0. The van der Waals surface area contributed by atoms with E-state index in [1.165, 1.54) is 0 Å². The van der Waals surface area contributed by atoms with E-state index in [1.54, 1.807) is 11.8 Å². The lowest BCUT2D eigenvalue weighted by atomic mass is 10.1. The molecule has 0 saturated heterocycles. The number of hydrogen-bond acceptors (Lipinski definition) is 2. The Morgan fingerprint density at radius 3 is 2.47 bits per heavy atom. The number of amides is 1. The normalized spacial score (nSPS) is 12.5. The Kier molecular flexibility index (Phi) is 6.12. The smallest absolute Gasteiger partial charge is 0.233 e. The molecule has 0 heterocycles. The lowest BCUT2D eigenvalue weighted by Crippen LogP contribution is -2.32. The zero-order valence-electron chi connectivity index (χ0n) is 10.8. The minimum atomic E-state index is -0.0374. The molecule has 1 aromatic carbocycles. The summed E-state index contributed by atoms with van der Waals surface area (Å²) in [4.78, 5) is 12.9. The number of thioether (sulfide) groups is 1. The minimum absolute atomic E-state index is 0.0374. The van der Waals surface area contributed by atoms with Crippen LogP contribution in [0.25, 0.3) is 0 Å². The molecule has 0 saturated carbocycles. The van der Waals surface area contributed by atoms with Gasteiger partial charge in [-0.1, -0.05) is 32.0 Å². The minimum Gasteiger partial charge on any atom is -0.355 e. The quantitative estimate of drug-likeness (QED) is 0.786. The maximum Gasteiger partial charge on any atom is 0.233 e. The highest BCUT2D eigenvalue weighted by atomic mass is 32.2. The summed E-state index contributed by atoms with van der Waals surface area (Å²) in [6, 6.07) is 10.0. The van der Waals surface area contributed by atoms with Gasteiger partial charge in [0, 0.05) is 11.4 Å². The van der Waals surface area contributed by atoms with Crippen LogP contribution in [0.1, 0.15) is 27.2 Å². The van der Waals surface area contributed by atoms with Gasteiger partial charge < -0.3 is 5.32 Å². The van der Waals surface area contributed by atoms with Crippen LogP contribution in [0.3, 0.4) is 0 Å². The summed E-state index contributed by atoms with van der Waals surface area (Å²) in [6.45, 7) is 7.04. The molecule has 1 N–H and O–H groups in total. The van der Waals surface area contributed by atoms with Gasteiger partial charge in [-0.3, -0.25) is 4.79 Å². The molecule has 1 atom stereocenters. The van der Waals surface area contributed by atoms with Crippen LogP contribution in [0, 0.1) is 5.92 Å². The van der Waals surface area contributed by atoms with Gasteiger partial charge in [0.05, 0.1) is 5.25 Å². The van der Waals surface area contributed by atoms with Crippen molar-refractivity contribution in [3.63, 3.8) is 0 Å². The first-order valence-electron chi connectivity index (χ1n) is 6.09. The Morgan fingerprint density at radius 1 is 1.24 bits per heavy atom. The summed E-state index contributed by atoms with van der Waals surface area (Å²) in [5, 5.41) is 2.94. The fraction of sp³-hybridized carbons (Fsp3) is 0.500. The van der Waals surface area contributed by atoms with E-state index >= 15 is 0 Å². The van der Waals surface area contributed by atoms with Crippen LogP contribution in [0.15, 0.2) is 35.2 Å². The molecule has 0 fully saturated rings. The molecule has 0 aliphatic heterocycles. The molecular weight excluding hydrogens is 230 g/mol. The lowest BCUT2D eigenvalue weighted by Gasteiger charge is -2.12. The van der Waals surface area contributed by atoms with Crippen molar-refractivity contribution in [1.82, 2.24) is 5.32 Å². The first-order chi connectivity index (χ1) is 8.09. The van der Waals surface area contributed by atoms with Crippen molar-refractivity contribution < 1.29 is 4.79 Å². The van der Waals surface area contributed by atoms with Gasteiger partial charge >= 0.3 is 0 Å². The number of carbonyl (C=O) groups is 1. The van der Waals surface area contributed by atoms with Crippen molar-refractivity contribution >= 4 is 17.7 Å². The van der Waals surface area contributed by atoms with E-state index in [1.807, 2.05) is 37.3 Å².